The summed E-state index contributed by atoms with van der Waals surface area (Å²) < 4.78 is 5.99. The van der Waals surface area contributed by atoms with E-state index < -0.39 is 12.0 Å². The molecule has 0 spiro atoms. The van der Waals surface area contributed by atoms with Crippen LogP contribution < -0.4 is 5.32 Å². The lowest BCUT2D eigenvalue weighted by molar-refractivity contribution is -0.124. The topological polar surface area (TPSA) is 106 Å². The molecule has 0 bridgehead atoms. The Labute approximate surface area is 97.6 Å². The fraction of sp³-hybridized carbons (Fsp3) is 0.556. The number of carboxylic acids is 1. The Hall–Kier alpha value is -1.96. The van der Waals surface area contributed by atoms with E-state index in [0.29, 0.717) is 13.2 Å². The molecule has 1 aromatic heterocycles. The van der Waals surface area contributed by atoms with Crippen molar-refractivity contribution in [2.75, 3.05) is 20.3 Å². The van der Waals surface area contributed by atoms with Gasteiger partial charge >= 0.3 is 5.97 Å². The first-order valence-electron chi connectivity index (χ1n) is 4.98. The summed E-state index contributed by atoms with van der Waals surface area (Å²) in [5.74, 6) is -1.45. The quantitative estimate of drug-likeness (QED) is 0.639. The summed E-state index contributed by atoms with van der Waals surface area (Å²) in [7, 11) is 1.53. The zero-order valence-electron chi connectivity index (χ0n) is 9.58. The van der Waals surface area contributed by atoms with Crippen LogP contribution in [0.3, 0.4) is 0 Å². The lowest BCUT2D eigenvalue weighted by atomic mass is 10.3. The van der Waals surface area contributed by atoms with E-state index in [9.17, 15) is 9.59 Å². The lowest BCUT2D eigenvalue weighted by Crippen LogP contribution is -2.33. The van der Waals surface area contributed by atoms with Crippen LogP contribution in [0.15, 0.2) is 6.20 Å². The number of amides is 1. The standard InChI is InChI=1S/C9H14N4O4/c1-6(8(14)10-3-4-17-2)13-5-7(9(15)16)11-12-13/h5-6H,3-4H2,1-2H3,(H,10,14)(H,15,16). The highest BCUT2D eigenvalue weighted by molar-refractivity contribution is 5.85. The number of hydrogen-bond acceptors (Lipinski definition) is 5. The number of rotatable bonds is 6. The van der Waals surface area contributed by atoms with E-state index in [1.807, 2.05) is 0 Å². The Kier molecular flexibility index (Phi) is 4.58. The average molecular weight is 242 g/mol. The van der Waals surface area contributed by atoms with Gasteiger partial charge in [-0.2, -0.15) is 0 Å². The van der Waals surface area contributed by atoms with Crippen molar-refractivity contribution in [1.29, 1.82) is 0 Å². The second-order valence-corrected chi connectivity index (χ2v) is 3.35. The van der Waals surface area contributed by atoms with Gasteiger partial charge in [-0.15, -0.1) is 5.10 Å². The molecular formula is C9H14N4O4. The molecule has 94 valence electrons. The first-order chi connectivity index (χ1) is 8.06. The maximum Gasteiger partial charge on any atom is 0.358 e. The Morgan fingerprint density at radius 1 is 1.65 bits per heavy atom. The van der Waals surface area contributed by atoms with Crippen LogP contribution in [0.25, 0.3) is 0 Å². The molecule has 0 radical (unpaired) electrons. The minimum absolute atomic E-state index is 0.193. The maximum absolute atomic E-state index is 11.6. The molecule has 0 saturated carbocycles. The molecule has 0 saturated heterocycles. The Balaban J connectivity index is 2.58. The molecule has 2 N–H and O–H groups in total. The van der Waals surface area contributed by atoms with Crippen LogP contribution >= 0.6 is 0 Å². The number of ether oxygens (including phenoxy) is 1. The van der Waals surface area contributed by atoms with Gasteiger partial charge in [-0.1, -0.05) is 5.21 Å². The number of nitrogens with zero attached hydrogens (tertiary/aromatic N) is 3. The smallest absolute Gasteiger partial charge is 0.358 e. The first-order valence-corrected chi connectivity index (χ1v) is 4.98. The minimum Gasteiger partial charge on any atom is -0.476 e. The van der Waals surface area contributed by atoms with Gasteiger partial charge in [-0.25, -0.2) is 9.48 Å². The van der Waals surface area contributed by atoms with Gasteiger partial charge in [0.25, 0.3) is 0 Å². The van der Waals surface area contributed by atoms with Crippen LogP contribution in [0.5, 0.6) is 0 Å². The monoisotopic (exact) mass is 242 g/mol. The third-order valence-electron chi connectivity index (χ3n) is 2.11. The van der Waals surface area contributed by atoms with Gasteiger partial charge < -0.3 is 15.2 Å². The Morgan fingerprint density at radius 2 is 2.35 bits per heavy atom. The second kappa shape index (κ2) is 5.94. The van der Waals surface area contributed by atoms with Crippen molar-refractivity contribution in [2.24, 2.45) is 0 Å². The Bertz CT molecular complexity index is 403. The fourth-order valence-electron chi connectivity index (χ4n) is 1.11. The van der Waals surface area contributed by atoms with E-state index in [2.05, 4.69) is 15.6 Å². The Morgan fingerprint density at radius 3 is 2.88 bits per heavy atom. The zero-order valence-corrected chi connectivity index (χ0v) is 9.58. The number of aromatic carboxylic acids is 1. The molecule has 0 fully saturated rings. The van der Waals surface area contributed by atoms with Crippen LogP contribution in [0.2, 0.25) is 0 Å². The van der Waals surface area contributed by atoms with Gasteiger partial charge in [0.1, 0.15) is 6.04 Å². The molecule has 1 amide bonds. The summed E-state index contributed by atoms with van der Waals surface area (Å²) >= 11 is 0. The van der Waals surface area contributed by atoms with Gasteiger partial charge in [0.2, 0.25) is 5.91 Å². The molecule has 0 aliphatic heterocycles. The van der Waals surface area contributed by atoms with Crippen molar-refractivity contribution in [3.8, 4) is 0 Å². The number of methoxy groups -OCH3 is 1. The van der Waals surface area contributed by atoms with Gasteiger partial charge in [-0.05, 0) is 6.92 Å². The van der Waals surface area contributed by atoms with Crippen LogP contribution in [0, 0.1) is 0 Å². The van der Waals surface area contributed by atoms with E-state index in [1.165, 1.54) is 18.0 Å². The normalized spacial score (nSPS) is 12.1. The van der Waals surface area contributed by atoms with E-state index in [0.717, 1.165) is 0 Å². The van der Waals surface area contributed by atoms with Crippen molar-refractivity contribution in [1.82, 2.24) is 20.3 Å². The maximum atomic E-state index is 11.6. The molecule has 0 aliphatic carbocycles. The van der Waals surface area contributed by atoms with Gasteiger partial charge in [0.05, 0.1) is 12.8 Å². The zero-order chi connectivity index (χ0) is 12.8. The van der Waals surface area contributed by atoms with Crippen molar-refractivity contribution < 1.29 is 19.4 Å². The molecule has 0 aromatic carbocycles. The third kappa shape index (κ3) is 3.52. The first kappa shape index (κ1) is 13.1. The predicted molar refractivity (Wildman–Crippen MR) is 56.6 cm³/mol. The van der Waals surface area contributed by atoms with Crippen LogP contribution in [0.1, 0.15) is 23.5 Å². The van der Waals surface area contributed by atoms with E-state index in [1.54, 1.807) is 6.92 Å². The summed E-state index contributed by atoms with van der Waals surface area (Å²) in [6, 6.07) is -0.618. The van der Waals surface area contributed by atoms with Gasteiger partial charge in [0, 0.05) is 13.7 Å². The average Bonchev–Trinajstić information content (AvgIpc) is 2.77. The van der Waals surface area contributed by atoms with Crippen LogP contribution in [-0.2, 0) is 9.53 Å². The molecule has 17 heavy (non-hydrogen) atoms. The molecule has 1 atom stereocenters. The number of carboxylic acid groups (broad SMARTS) is 1. The number of carbonyl (C=O) groups is 2. The fourth-order valence-corrected chi connectivity index (χ4v) is 1.11. The summed E-state index contributed by atoms with van der Waals surface area (Å²) in [5.41, 5.74) is -0.193. The molecule has 1 rings (SSSR count). The van der Waals surface area contributed by atoms with E-state index >= 15 is 0 Å². The predicted octanol–water partition coefficient (Wildman–Crippen LogP) is -0.700. The molecular weight excluding hydrogens is 228 g/mol. The second-order valence-electron chi connectivity index (χ2n) is 3.35. The molecule has 1 heterocycles. The molecule has 1 aromatic rings. The summed E-state index contributed by atoms with van der Waals surface area (Å²) in [4.78, 5) is 22.2. The van der Waals surface area contributed by atoms with Crippen molar-refractivity contribution >= 4 is 11.9 Å². The lowest BCUT2D eigenvalue weighted by Gasteiger charge is -2.11. The number of nitrogens with one attached hydrogen (secondary N) is 1. The van der Waals surface area contributed by atoms with Crippen LogP contribution in [-0.4, -0.2) is 52.2 Å². The van der Waals surface area contributed by atoms with E-state index in [4.69, 9.17) is 9.84 Å². The minimum atomic E-state index is -1.18. The SMILES string of the molecule is COCCNC(=O)C(C)n1cc(C(=O)O)nn1. The van der Waals surface area contributed by atoms with Gasteiger partial charge in [-0.3, -0.25) is 4.79 Å². The summed E-state index contributed by atoms with van der Waals surface area (Å²) in [6.07, 6.45) is 1.21. The molecule has 1 unspecified atom stereocenters. The molecule has 8 nitrogen and oxygen atoms in total. The number of aromatic nitrogens is 3. The largest absolute Gasteiger partial charge is 0.476 e. The highest BCUT2D eigenvalue weighted by Gasteiger charge is 2.18. The highest BCUT2D eigenvalue weighted by Crippen LogP contribution is 2.04. The number of carbonyl (C=O) groups excluding carboxylic acids is 1. The van der Waals surface area contributed by atoms with Crippen LogP contribution in [0.4, 0.5) is 0 Å². The van der Waals surface area contributed by atoms with Crippen molar-refractivity contribution in [3.63, 3.8) is 0 Å². The summed E-state index contributed by atoms with van der Waals surface area (Å²) in [5, 5.41) is 18.3. The third-order valence-corrected chi connectivity index (χ3v) is 2.11. The molecule has 0 aliphatic rings. The van der Waals surface area contributed by atoms with Crippen molar-refractivity contribution in [3.05, 3.63) is 11.9 Å². The highest BCUT2D eigenvalue weighted by atomic mass is 16.5. The van der Waals surface area contributed by atoms with E-state index in [-0.39, 0.29) is 11.6 Å². The van der Waals surface area contributed by atoms with Crippen molar-refractivity contribution in [2.45, 2.75) is 13.0 Å². The van der Waals surface area contributed by atoms with Gasteiger partial charge in [0.15, 0.2) is 5.69 Å². The number of hydrogen-bond donors (Lipinski definition) is 2. The molecule has 8 heteroatoms. The summed E-state index contributed by atoms with van der Waals surface area (Å²) in [6.45, 7) is 2.40.